The van der Waals surface area contributed by atoms with Gasteiger partial charge < -0.3 is 9.67 Å². The monoisotopic (exact) mass is 245 g/mol. The third-order valence-corrected chi connectivity index (χ3v) is 3.66. The summed E-state index contributed by atoms with van der Waals surface area (Å²) in [5, 5.41) is 8.56. The summed E-state index contributed by atoms with van der Waals surface area (Å²) >= 11 is 6.30. The van der Waals surface area contributed by atoms with E-state index in [0.717, 1.165) is 5.69 Å². The molecule has 4 nitrogen and oxygen atoms in total. The Morgan fingerprint density at radius 3 is 2.53 bits per heavy atom. The smallest absolute Gasteiger partial charge is 0.305 e. The molecular weight excluding hydrogens is 234 g/mol. The minimum Gasteiger partial charge on any atom is -0.481 e. The molecule has 0 saturated carbocycles. The third-order valence-electron chi connectivity index (χ3n) is 2.01. The number of nitrogens with zero attached hydrogens (tertiary/aromatic N) is 1. The third kappa shape index (κ3) is 2.73. The zero-order chi connectivity index (χ0) is 11.6. The second-order valence-electron chi connectivity index (χ2n) is 3.13. The summed E-state index contributed by atoms with van der Waals surface area (Å²) in [7, 11) is 0. The first-order valence-electron chi connectivity index (χ1n) is 4.36. The van der Waals surface area contributed by atoms with Crippen LogP contribution >= 0.6 is 23.6 Å². The van der Waals surface area contributed by atoms with Gasteiger partial charge in [-0.25, -0.2) is 0 Å². The number of Topliss-reactive ketones (excluding diaryl/α,β-unsaturated/α-hetero) is 1. The molecule has 1 rings (SSSR count). The maximum Gasteiger partial charge on any atom is 0.305 e. The van der Waals surface area contributed by atoms with Gasteiger partial charge in [-0.05, 0) is 19.1 Å². The highest BCUT2D eigenvalue weighted by atomic mass is 32.1. The highest BCUT2D eigenvalue weighted by Crippen LogP contribution is 2.19. The summed E-state index contributed by atoms with van der Waals surface area (Å²) in [6.45, 7) is 3.59. The predicted molar refractivity (Wildman–Crippen MR) is 60.1 cm³/mol. The minimum absolute atomic E-state index is 0.0171. The molecule has 0 atom stereocenters. The first-order chi connectivity index (χ1) is 6.93. The number of hydrogen-bond acceptors (Lipinski definition) is 4. The van der Waals surface area contributed by atoms with Gasteiger partial charge in [0.1, 0.15) is 0 Å². The molecule has 0 spiro atoms. The molecule has 0 fully saturated rings. The Labute approximate surface area is 96.2 Å². The minimum atomic E-state index is -0.869. The molecule has 0 aliphatic carbocycles. The lowest BCUT2D eigenvalue weighted by atomic mass is 10.3. The molecule has 15 heavy (non-hydrogen) atoms. The Morgan fingerprint density at radius 2 is 2.13 bits per heavy atom. The van der Waals surface area contributed by atoms with E-state index >= 15 is 0 Å². The molecule has 0 bridgehead atoms. The van der Waals surface area contributed by atoms with Crippen LogP contribution < -0.4 is 0 Å². The Hall–Kier alpha value is -1.01. The van der Waals surface area contributed by atoms with Crippen molar-refractivity contribution < 1.29 is 14.7 Å². The van der Waals surface area contributed by atoms with Gasteiger partial charge >= 0.3 is 5.97 Å². The van der Waals surface area contributed by atoms with Crippen LogP contribution in [0.5, 0.6) is 0 Å². The Morgan fingerprint density at radius 1 is 1.53 bits per heavy atom. The van der Waals surface area contributed by atoms with Gasteiger partial charge in [0, 0.05) is 19.2 Å². The van der Waals surface area contributed by atoms with Crippen molar-refractivity contribution in [1.29, 1.82) is 0 Å². The number of rotatable bonds is 4. The molecular formula is C9H11NO3S2. The fraction of sp³-hybridized carbons (Fsp3) is 0.444. The number of thiazole rings is 1. The second kappa shape index (κ2) is 4.67. The van der Waals surface area contributed by atoms with E-state index in [1.807, 2.05) is 0 Å². The summed E-state index contributed by atoms with van der Waals surface area (Å²) in [6, 6.07) is 0. The Bertz CT molecular complexity index is 458. The Kier molecular flexibility index (Phi) is 3.76. The number of carboxylic acids is 1. The molecule has 0 aromatic carbocycles. The highest BCUT2D eigenvalue weighted by Gasteiger charge is 2.12. The average molecular weight is 245 g/mol. The fourth-order valence-corrected chi connectivity index (χ4v) is 2.66. The lowest BCUT2D eigenvalue weighted by molar-refractivity contribution is -0.137. The van der Waals surface area contributed by atoms with Gasteiger partial charge in [-0.1, -0.05) is 0 Å². The Balaban J connectivity index is 3.03. The van der Waals surface area contributed by atoms with Crippen molar-refractivity contribution in [3.05, 3.63) is 14.5 Å². The molecule has 1 N–H and O–H groups in total. The molecule has 1 heterocycles. The molecule has 0 aliphatic heterocycles. The van der Waals surface area contributed by atoms with Crippen molar-refractivity contribution in [1.82, 2.24) is 4.57 Å². The molecule has 1 aromatic rings. The van der Waals surface area contributed by atoms with Gasteiger partial charge in [0.2, 0.25) is 0 Å². The van der Waals surface area contributed by atoms with Crippen molar-refractivity contribution in [2.24, 2.45) is 0 Å². The standard InChI is InChI=1S/C9H11NO3S2/c1-5-8(6(2)11)15-9(14)10(5)4-3-7(12)13/h3-4H2,1-2H3,(H,12,13). The first kappa shape index (κ1) is 12.1. The van der Waals surface area contributed by atoms with E-state index in [4.69, 9.17) is 17.3 Å². The van der Waals surface area contributed by atoms with Crippen LogP contribution in [0, 0.1) is 10.9 Å². The lowest BCUT2D eigenvalue weighted by Gasteiger charge is -2.03. The van der Waals surface area contributed by atoms with Crippen LogP contribution in [-0.4, -0.2) is 21.4 Å². The van der Waals surface area contributed by atoms with Crippen LogP contribution in [0.3, 0.4) is 0 Å². The normalized spacial score (nSPS) is 10.3. The topological polar surface area (TPSA) is 59.3 Å². The largest absolute Gasteiger partial charge is 0.481 e. The summed E-state index contributed by atoms with van der Waals surface area (Å²) in [6.07, 6.45) is 0.0171. The van der Waals surface area contributed by atoms with E-state index in [9.17, 15) is 9.59 Å². The van der Waals surface area contributed by atoms with Crippen molar-refractivity contribution in [2.75, 3.05) is 0 Å². The van der Waals surface area contributed by atoms with E-state index in [0.29, 0.717) is 15.4 Å². The molecule has 0 radical (unpaired) electrons. The van der Waals surface area contributed by atoms with Crippen LogP contribution in [0.15, 0.2) is 0 Å². The SMILES string of the molecule is CC(=O)c1sc(=S)n(CCC(=O)O)c1C. The number of aliphatic carboxylic acids is 1. The number of carboxylic acid groups (broad SMARTS) is 1. The highest BCUT2D eigenvalue weighted by molar-refractivity contribution is 7.73. The number of carbonyl (C=O) groups excluding carboxylic acids is 1. The maximum absolute atomic E-state index is 11.2. The predicted octanol–water partition coefficient (Wildman–Crippen LogP) is 2.26. The van der Waals surface area contributed by atoms with Gasteiger partial charge in [-0.2, -0.15) is 0 Å². The first-order valence-corrected chi connectivity index (χ1v) is 5.59. The van der Waals surface area contributed by atoms with Gasteiger partial charge in [-0.3, -0.25) is 9.59 Å². The van der Waals surface area contributed by atoms with Crippen LogP contribution in [0.1, 0.15) is 28.7 Å². The van der Waals surface area contributed by atoms with Gasteiger partial charge in [0.05, 0.1) is 11.3 Å². The summed E-state index contributed by atoms with van der Waals surface area (Å²) in [4.78, 5) is 22.2. The number of ketones is 1. The molecule has 0 saturated heterocycles. The van der Waals surface area contributed by atoms with Crippen LogP contribution in [0.25, 0.3) is 0 Å². The van der Waals surface area contributed by atoms with E-state index < -0.39 is 5.97 Å². The molecule has 0 amide bonds. The summed E-state index contributed by atoms with van der Waals surface area (Å²) in [5.41, 5.74) is 0.763. The molecule has 1 aromatic heterocycles. The van der Waals surface area contributed by atoms with Crippen molar-refractivity contribution in [2.45, 2.75) is 26.8 Å². The molecule has 0 aliphatic rings. The zero-order valence-corrected chi connectivity index (χ0v) is 10.1. The van der Waals surface area contributed by atoms with Gasteiger partial charge in [0.15, 0.2) is 9.74 Å². The number of carbonyl (C=O) groups is 2. The van der Waals surface area contributed by atoms with Crippen molar-refractivity contribution in [3.8, 4) is 0 Å². The summed E-state index contributed by atoms with van der Waals surface area (Å²) in [5.74, 6) is -0.899. The zero-order valence-electron chi connectivity index (χ0n) is 8.44. The lowest BCUT2D eigenvalue weighted by Crippen LogP contribution is -2.07. The van der Waals surface area contributed by atoms with E-state index in [1.54, 1.807) is 11.5 Å². The van der Waals surface area contributed by atoms with Gasteiger partial charge in [0.25, 0.3) is 0 Å². The quantitative estimate of drug-likeness (QED) is 0.653. The van der Waals surface area contributed by atoms with E-state index in [2.05, 4.69) is 0 Å². The van der Waals surface area contributed by atoms with Crippen LogP contribution in [0.2, 0.25) is 0 Å². The van der Waals surface area contributed by atoms with Crippen molar-refractivity contribution >= 4 is 35.3 Å². The van der Waals surface area contributed by atoms with Gasteiger partial charge in [-0.15, -0.1) is 11.3 Å². The molecule has 82 valence electrons. The van der Waals surface area contributed by atoms with E-state index in [1.165, 1.54) is 18.3 Å². The molecule has 0 unspecified atom stereocenters. The maximum atomic E-state index is 11.2. The average Bonchev–Trinajstić information content (AvgIpc) is 2.39. The van der Waals surface area contributed by atoms with Crippen LogP contribution in [0.4, 0.5) is 0 Å². The van der Waals surface area contributed by atoms with Crippen molar-refractivity contribution in [3.63, 3.8) is 0 Å². The molecule has 6 heteroatoms. The number of aromatic nitrogens is 1. The van der Waals surface area contributed by atoms with Crippen LogP contribution in [-0.2, 0) is 11.3 Å². The summed E-state index contributed by atoms with van der Waals surface area (Å²) < 4.78 is 2.25. The van der Waals surface area contributed by atoms with E-state index in [-0.39, 0.29) is 12.2 Å². The fourth-order valence-electron chi connectivity index (χ4n) is 1.27. The number of hydrogen-bond donors (Lipinski definition) is 1. The second-order valence-corrected chi connectivity index (χ2v) is 4.78.